The van der Waals surface area contributed by atoms with Gasteiger partial charge >= 0.3 is 5.97 Å². The van der Waals surface area contributed by atoms with Crippen molar-refractivity contribution in [2.24, 2.45) is 5.73 Å². The third-order valence-corrected chi connectivity index (χ3v) is 1.61. The summed E-state index contributed by atoms with van der Waals surface area (Å²) in [6, 6.07) is -0.698. The maximum atomic E-state index is 11.1. The molecule has 0 fully saturated rings. The van der Waals surface area contributed by atoms with Gasteiger partial charge in [0.2, 0.25) is 0 Å². The highest BCUT2D eigenvalue weighted by atomic mass is 16.5. The first-order valence-electron chi connectivity index (χ1n) is 5.30. The topological polar surface area (TPSA) is 70.8 Å². The summed E-state index contributed by atoms with van der Waals surface area (Å²) in [6.45, 7) is 6.01. The van der Waals surface area contributed by atoms with E-state index in [2.05, 4.69) is 0 Å². The largest absolute Gasteiger partial charge is 0.465 e. The second-order valence-corrected chi connectivity index (χ2v) is 3.05. The van der Waals surface area contributed by atoms with E-state index in [-0.39, 0.29) is 6.61 Å². The summed E-state index contributed by atoms with van der Waals surface area (Å²) in [7, 11) is 0. The van der Waals surface area contributed by atoms with Gasteiger partial charge in [0, 0.05) is 6.61 Å². The van der Waals surface area contributed by atoms with E-state index < -0.39 is 12.0 Å². The lowest BCUT2D eigenvalue weighted by molar-refractivity contribution is -0.146. The van der Waals surface area contributed by atoms with Gasteiger partial charge in [-0.15, -0.1) is 0 Å². The van der Waals surface area contributed by atoms with Crippen molar-refractivity contribution in [2.45, 2.75) is 26.3 Å². The molecule has 0 amide bonds. The van der Waals surface area contributed by atoms with Crippen molar-refractivity contribution in [1.82, 2.24) is 0 Å². The molecule has 0 aromatic carbocycles. The van der Waals surface area contributed by atoms with Crippen molar-refractivity contribution in [2.75, 3.05) is 33.0 Å². The van der Waals surface area contributed by atoms with Crippen molar-refractivity contribution in [3.05, 3.63) is 0 Å². The minimum absolute atomic E-state index is 0.175. The standard InChI is InChI=1S/C10H21NO4/c1-3-5-13-6-7-14-8-9(11)10(12)15-4-2/h9H,3-8,11H2,1-2H3. The Morgan fingerprint density at radius 2 is 1.87 bits per heavy atom. The Bertz CT molecular complexity index is 164. The Hall–Kier alpha value is -0.650. The molecule has 0 aliphatic rings. The zero-order valence-electron chi connectivity index (χ0n) is 9.53. The van der Waals surface area contributed by atoms with E-state index in [9.17, 15) is 4.79 Å². The molecule has 0 rings (SSSR count). The van der Waals surface area contributed by atoms with E-state index in [1.807, 2.05) is 6.92 Å². The molecule has 5 nitrogen and oxygen atoms in total. The normalized spacial score (nSPS) is 12.5. The van der Waals surface area contributed by atoms with E-state index in [4.69, 9.17) is 19.9 Å². The lowest BCUT2D eigenvalue weighted by Gasteiger charge is -2.10. The van der Waals surface area contributed by atoms with Gasteiger partial charge in [0.15, 0.2) is 0 Å². The molecule has 2 N–H and O–H groups in total. The zero-order chi connectivity index (χ0) is 11.5. The minimum atomic E-state index is -0.698. The molecule has 0 saturated carbocycles. The number of hydrogen-bond acceptors (Lipinski definition) is 5. The van der Waals surface area contributed by atoms with Gasteiger partial charge in [0.05, 0.1) is 26.4 Å². The zero-order valence-corrected chi connectivity index (χ0v) is 9.53. The summed E-state index contributed by atoms with van der Waals surface area (Å²) in [5, 5.41) is 0. The van der Waals surface area contributed by atoms with Crippen molar-refractivity contribution >= 4 is 5.97 Å². The fourth-order valence-corrected chi connectivity index (χ4v) is 0.892. The number of rotatable bonds is 9. The van der Waals surface area contributed by atoms with Crippen LogP contribution in [-0.4, -0.2) is 45.0 Å². The molecule has 1 unspecified atom stereocenters. The first kappa shape index (κ1) is 14.3. The Morgan fingerprint density at radius 1 is 1.20 bits per heavy atom. The summed E-state index contributed by atoms with van der Waals surface area (Å²) < 4.78 is 15.1. The van der Waals surface area contributed by atoms with Crippen LogP contribution in [0.15, 0.2) is 0 Å². The van der Waals surface area contributed by atoms with Crippen LogP contribution in [0.5, 0.6) is 0 Å². The van der Waals surface area contributed by atoms with Crippen LogP contribution in [-0.2, 0) is 19.0 Å². The predicted molar refractivity (Wildman–Crippen MR) is 56.5 cm³/mol. The Balaban J connectivity index is 3.30. The van der Waals surface area contributed by atoms with E-state index in [1.165, 1.54) is 0 Å². The Labute approximate surface area is 90.9 Å². The molecule has 0 heterocycles. The number of carbonyl (C=O) groups excluding carboxylic acids is 1. The molecule has 0 saturated heterocycles. The summed E-state index contributed by atoms with van der Waals surface area (Å²) in [5.41, 5.74) is 5.50. The average Bonchev–Trinajstić information content (AvgIpc) is 2.23. The van der Waals surface area contributed by atoms with E-state index in [0.29, 0.717) is 19.8 Å². The molecular formula is C10H21NO4. The molecule has 0 aromatic heterocycles. The maximum Gasteiger partial charge on any atom is 0.325 e. The molecule has 0 aliphatic heterocycles. The van der Waals surface area contributed by atoms with Crippen molar-refractivity contribution in [3.63, 3.8) is 0 Å². The van der Waals surface area contributed by atoms with E-state index in [0.717, 1.165) is 13.0 Å². The van der Waals surface area contributed by atoms with Gasteiger partial charge in [-0.05, 0) is 13.3 Å². The van der Waals surface area contributed by atoms with Crippen LogP contribution >= 0.6 is 0 Å². The molecule has 15 heavy (non-hydrogen) atoms. The third kappa shape index (κ3) is 8.35. The molecule has 90 valence electrons. The predicted octanol–water partition coefficient (Wildman–Crippen LogP) is 0.320. The third-order valence-electron chi connectivity index (χ3n) is 1.61. The molecule has 5 heteroatoms. The molecular weight excluding hydrogens is 198 g/mol. The Kier molecular flexibility index (Phi) is 9.46. The van der Waals surface area contributed by atoms with Crippen LogP contribution in [0.2, 0.25) is 0 Å². The quantitative estimate of drug-likeness (QED) is 0.446. The van der Waals surface area contributed by atoms with Crippen LogP contribution in [0.25, 0.3) is 0 Å². The monoisotopic (exact) mass is 219 g/mol. The fourth-order valence-electron chi connectivity index (χ4n) is 0.892. The SMILES string of the molecule is CCCOCCOCC(N)C(=O)OCC. The highest BCUT2D eigenvalue weighted by Crippen LogP contribution is 1.88. The highest BCUT2D eigenvalue weighted by Gasteiger charge is 2.13. The summed E-state index contributed by atoms with van der Waals surface area (Å²) in [5.74, 6) is -0.424. The second kappa shape index (κ2) is 9.89. The fraction of sp³-hybridized carbons (Fsp3) is 0.900. The number of ether oxygens (including phenoxy) is 3. The van der Waals surface area contributed by atoms with Crippen LogP contribution in [0.1, 0.15) is 20.3 Å². The van der Waals surface area contributed by atoms with Crippen molar-refractivity contribution < 1.29 is 19.0 Å². The van der Waals surface area contributed by atoms with Crippen LogP contribution < -0.4 is 5.73 Å². The molecule has 0 radical (unpaired) electrons. The van der Waals surface area contributed by atoms with Gasteiger partial charge in [0.25, 0.3) is 0 Å². The lowest BCUT2D eigenvalue weighted by atomic mass is 10.3. The first-order chi connectivity index (χ1) is 7.22. The highest BCUT2D eigenvalue weighted by molar-refractivity contribution is 5.75. The molecule has 0 spiro atoms. The van der Waals surface area contributed by atoms with Gasteiger partial charge in [0.1, 0.15) is 6.04 Å². The van der Waals surface area contributed by atoms with Crippen LogP contribution in [0.4, 0.5) is 0 Å². The molecule has 0 aliphatic carbocycles. The number of esters is 1. The van der Waals surface area contributed by atoms with E-state index in [1.54, 1.807) is 6.92 Å². The summed E-state index contributed by atoms with van der Waals surface area (Å²) >= 11 is 0. The number of nitrogens with two attached hydrogens (primary N) is 1. The van der Waals surface area contributed by atoms with E-state index >= 15 is 0 Å². The van der Waals surface area contributed by atoms with Gasteiger partial charge in [-0.2, -0.15) is 0 Å². The smallest absolute Gasteiger partial charge is 0.325 e. The van der Waals surface area contributed by atoms with Gasteiger partial charge < -0.3 is 19.9 Å². The summed E-state index contributed by atoms with van der Waals surface area (Å²) in [6.07, 6.45) is 0.988. The van der Waals surface area contributed by atoms with Crippen molar-refractivity contribution in [3.8, 4) is 0 Å². The van der Waals surface area contributed by atoms with Crippen LogP contribution in [0.3, 0.4) is 0 Å². The average molecular weight is 219 g/mol. The maximum absolute atomic E-state index is 11.1. The van der Waals surface area contributed by atoms with Gasteiger partial charge in [-0.1, -0.05) is 6.92 Å². The second-order valence-electron chi connectivity index (χ2n) is 3.05. The van der Waals surface area contributed by atoms with Crippen molar-refractivity contribution in [1.29, 1.82) is 0 Å². The van der Waals surface area contributed by atoms with Gasteiger partial charge in [-0.25, -0.2) is 0 Å². The number of hydrogen-bond donors (Lipinski definition) is 1. The molecule has 0 bridgehead atoms. The van der Waals surface area contributed by atoms with Gasteiger partial charge in [-0.3, -0.25) is 4.79 Å². The van der Waals surface area contributed by atoms with Crippen LogP contribution in [0, 0.1) is 0 Å². The summed E-state index contributed by atoms with van der Waals surface area (Å²) in [4.78, 5) is 11.1. The molecule has 0 aromatic rings. The molecule has 1 atom stereocenters. The minimum Gasteiger partial charge on any atom is -0.465 e. The Morgan fingerprint density at radius 3 is 2.47 bits per heavy atom. The lowest BCUT2D eigenvalue weighted by Crippen LogP contribution is -2.37. The number of carbonyl (C=O) groups is 1. The first-order valence-corrected chi connectivity index (χ1v) is 5.30.